The molecule has 1 aliphatic heterocycles. The van der Waals surface area contributed by atoms with E-state index in [9.17, 15) is 9.59 Å². The number of rotatable bonds is 7. The topological polar surface area (TPSA) is 74.8 Å². The van der Waals surface area contributed by atoms with E-state index in [-0.39, 0.29) is 11.8 Å². The van der Waals surface area contributed by atoms with Crippen LogP contribution in [0.3, 0.4) is 0 Å². The molecule has 7 nitrogen and oxygen atoms in total. The van der Waals surface area contributed by atoms with E-state index in [1.54, 1.807) is 31.6 Å². The molecule has 2 heterocycles. The van der Waals surface area contributed by atoms with Crippen LogP contribution in [0.2, 0.25) is 0 Å². The number of hydrogen-bond acceptors (Lipinski definition) is 5. The van der Waals surface area contributed by atoms with Gasteiger partial charge in [-0.15, -0.1) is 0 Å². The molecule has 2 amide bonds. The van der Waals surface area contributed by atoms with Gasteiger partial charge in [-0.2, -0.15) is 0 Å². The predicted molar refractivity (Wildman–Crippen MR) is 109 cm³/mol. The maximum atomic E-state index is 12.4. The minimum absolute atomic E-state index is 0.0956. The molecule has 1 aromatic carbocycles. The molecule has 0 spiro atoms. The Morgan fingerprint density at radius 3 is 2.57 bits per heavy atom. The Morgan fingerprint density at radius 1 is 1.07 bits per heavy atom. The third-order valence-corrected chi connectivity index (χ3v) is 4.80. The lowest BCUT2D eigenvalue weighted by atomic mass is 10.2. The molecule has 148 valence electrons. The highest BCUT2D eigenvalue weighted by Crippen LogP contribution is 2.28. The quantitative estimate of drug-likeness (QED) is 0.797. The van der Waals surface area contributed by atoms with Crippen LogP contribution in [0.4, 0.5) is 11.4 Å². The number of aromatic nitrogens is 1. The number of carbonyl (C=O) groups is 2. The number of amides is 2. The Bertz CT molecular complexity index is 789. The fraction of sp³-hybridized carbons (Fsp3) is 0.381. The maximum Gasteiger partial charge on any atom is 0.224 e. The Labute approximate surface area is 165 Å². The van der Waals surface area contributed by atoms with Crippen molar-refractivity contribution in [2.75, 3.05) is 43.5 Å². The molecule has 0 radical (unpaired) electrons. The summed E-state index contributed by atoms with van der Waals surface area (Å²) in [7, 11) is 1.67. The van der Waals surface area contributed by atoms with E-state index < -0.39 is 0 Å². The number of para-hydroxylation sites is 2. The van der Waals surface area contributed by atoms with Gasteiger partial charge in [-0.25, -0.2) is 0 Å². The molecular weight excluding hydrogens is 356 g/mol. The molecule has 0 aliphatic carbocycles. The Morgan fingerprint density at radius 2 is 1.86 bits per heavy atom. The first-order valence-electron chi connectivity index (χ1n) is 9.53. The summed E-state index contributed by atoms with van der Waals surface area (Å²) in [4.78, 5) is 32.5. The van der Waals surface area contributed by atoms with Crippen molar-refractivity contribution in [1.82, 2.24) is 9.88 Å². The van der Waals surface area contributed by atoms with E-state index in [1.807, 2.05) is 29.2 Å². The second-order valence-electron chi connectivity index (χ2n) is 6.68. The van der Waals surface area contributed by atoms with E-state index in [4.69, 9.17) is 4.74 Å². The standard InChI is InChI=1S/C21H26N4O3/c1-28-19-8-3-2-7-18(19)24-12-14-25(15-13-24)21(27)10-4-9-20(26)23-17-6-5-11-22-16-17/h2-3,5-8,11,16H,4,9-10,12-15H2,1H3,(H,23,26). The van der Waals surface area contributed by atoms with Crippen molar-refractivity contribution in [2.45, 2.75) is 19.3 Å². The second-order valence-corrected chi connectivity index (χ2v) is 6.68. The van der Waals surface area contributed by atoms with Gasteiger partial charge in [-0.3, -0.25) is 14.6 Å². The number of methoxy groups -OCH3 is 1. The van der Waals surface area contributed by atoms with E-state index in [0.717, 1.165) is 24.5 Å². The van der Waals surface area contributed by atoms with Gasteiger partial charge >= 0.3 is 0 Å². The summed E-state index contributed by atoms with van der Waals surface area (Å²) in [5.74, 6) is 0.859. The molecule has 3 rings (SSSR count). The third-order valence-electron chi connectivity index (χ3n) is 4.80. The number of anilines is 2. The van der Waals surface area contributed by atoms with Crippen molar-refractivity contribution in [3.8, 4) is 5.75 Å². The highest BCUT2D eigenvalue weighted by molar-refractivity contribution is 5.90. The number of pyridine rings is 1. The summed E-state index contributed by atoms with van der Waals surface area (Å²) < 4.78 is 5.43. The van der Waals surface area contributed by atoms with Crippen molar-refractivity contribution < 1.29 is 14.3 Å². The van der Waals surface area contributed by atoms with Crippen LogP contribution in [-0.4, -0.2) is 55.0 Å². The first-order chi connectivity index (χ1) is 13.7. The summed E-state index contributed by atoms with van der Waals surface area (Å²) in [6.45, 7) is 2.90. The SMILES string of the molecule is COc1ccccc1N1CCN(C(=O)CCCC(=O)Nc2cccnc2)CC1. The zero-order valence-electron chi connectivity index (χ0n) is 16.1. The number of nitrogens with zero attached hydrogens (tertiary/aromatic N) is 3. The van der Waals surface area contributed by atoms with E-state index in [2.05, 4.69) is 15.2 Å². The van der Waals surface area contributed by atoms with Crippen LogP contribution in [0.15, 0.2) is 48.8 Å². The number of piperazine rings is 1. The van der Waals surface area contributed by atoms with Crippen molar-refractivity contribution in [3.05, 3.63) is 48.8 Å². The van der Waals surface area contributed by atoms with Gasteiger partial charge in [-0.05, 0) is 30.7 Å². The van der Waals surface area contributed by atoms with Gasteiger partial charge < -0.3 is 19.9 Å². The highest BCUT2D eigenvalue weighted by Gasteiger charge is 2.22. The van der Waals surface area contributed by atoms with Gasteiger partial charge in [0.1, 0.15) is 5.75 Å². The number of nitrogens with one attached hydrogen (secondary N) is 1. The van der Waals surface area contributed by atoms with E-state index in [1.165, 1.54) is 0 Å². The number of benzene rings is 1. The smallest absolute Gasteiger partial charge is 0.224 e. The van der Waals surface area contributed by atoms with E-state index in [0.29, 0.717) is 38.0 Å². The van der Waals surface area contributed by atoms with Crippen LogP contribution in [0, 0.1) is 0 Å². The molecule has 1 N–H and O–H groups in total. The molecule has 7 heteroatoms. The Kier molecular flexibility index (Phi) is 6.84. The molecular formula is C21H26N4O3. The Balaban J connectivity index is 1.40. The molecule has 1 aliphatic rings. The summed E-state index contributed by atoms with van der Waals surface area (Å²) in [6.07, 6.45) is 4.50. The average Bonchev–Trinajstić information content (AvgIpc) is 2.74. The second kappa shape index (κ2) is 9.73. The molecule has 0 unspecified atom stereocenters. The number of carbonyl (C=O) groups excluding carboxylic acids is 2. The molecule has 1 aromatic heterocycles. The molecule has 28 heavy (non-hydrogen) atoms. The summed E-state index contributed by atoms with van der Waals surface area (Å²) >= 11 is 0. The molecule has 1 saturated heterocycles. The first-order valence-corrected chi connectivity index (χ1v) is 9.53. The maximum absolute atomic E-state index is 12.4. The van der Waals surface area contributed by atoms with Gasteiger partial charge in [0, 0.05) is 45.2 Å². The van der Waals surface area contributed by atoms with Gasteiger partial charge in [-0.1, -0.05) is 12.1 Å². The zero-order valence-corrected chi connectivity index (χ0v) is 16.1. The van der Waals surface area contributed by atoms with Crippen molar-refractivity contribution >= 4 is 23.2 Å². The molecule has 1 fully saturated rings. The minimum atomic E-state index is -0.0956. The van der Waals surface area contributed by atoms with Crippen LogP contribution in [-0.2, 0) is 9.59 Å². The molecule has 2 aromatic rings. The predicted octanol–water partition coefficient (Wildman–Crippen LogP) is 2.55. The van der Waals surface area contributed by atoms with Crippen molar-refractivity contribution in [3.63, 3.8) is 0 Å². The van der Waals surface area contributed by atoms with Gasteiger partial charge in [0.2, 0.25) is 11.8 Å². The highest BCUT2D eigenvalue weighted by atomic mass is 16.5. The van der Waals surface area contributed by atoms with Crippen LogP contribution >= 0.6 is 0 Å². The fourth-order valence-electron chi connectivity index (χ4n) is 3.31. The lowest BCUT2D eigenvalue weighted by Gasteiger charge is -2.36. The fourth-order valence-corrected chi connectivity index (χ4v) is 3.31. The molecule has 0 atom stereocenters. The molecule has 0 bridgehead atoms. The van der Waals surface area contributed by atoms with Gasteiger partial charge in [0.25, 0.3) is 0 Å². The van der Waals surface area contributed by atoms with Crippen molar-refractivity contribution in [2.24, 2.45) is 0 Å². The van der Waals surface area contributed by atoms with Gasteiger partial charge in [0.15, 0.2) is 0 Å². The Hall–Kier alpha value is -3.09. The third kappa shape index (κ3) is 5.22. The lowest BCUT2D eigenvalue weighted by Crippen LogP contribution is -2.48. The van der Waals surface area contributed by atoms with Crippen LogP contribution < -0.4 is 15.0 Å². The van der Waals surface area contributed by atoms with Crippen molar-refractivity contribution in [1.29, 1.82) is 0 Å². The van der Waals surface area contributed by atoms with E-state index >= 15 is 0 Å². The van der Waals surface area contributed by atoms with Crippen LogP contribution in [0.25, 0.3) is 0 Å². The van der Waals surface area contributed by atoms with Crippen LogP contribution in [0.1, 0.15) is 19.3 Å². The normalized spacial score (nSPS) is 13.9. The summed E-state index contributed by atoms with van der Waals surface area (Å²) in [5.41, 5.74) is 1.73. The van der Waals surface area contributed by atoms with Crippen LogP contribution in [0.5, 0.6) is 5.75 Å². The molecule has 0 saturated carbocycles. The minimum Gasteiger partial charge on any atom is -0.495 e. The van der Waals surface area contributed by atoms with Gasteiger partial charge in [0.05, 0.1) is 24.7 Å². The largest absolute Gasteiger partial charge is 0.495 e. The average molecular weight is 382 g/mol. The lowest BCUT2D eigenvalue weighted by molar-refractivity contribution is -0.131. The number of ether oxygens (including phenoxy) is 1. The monoisotopic (exact) mass is 382 g/mol. The first kappa shape index (κ1) is 19.7. The zero-order chi connectivity index (χ0) is 19.8. The number of hydrogen-bond donors (Lipinski definition) is 1. The summed E-state index contributed by atoms with van der Waals surface area (Å²) in [6, 6.07) is 11.5. The summed E-state index contributed by atoms with van der Waals surface area (Å²) in [5, 5.41) is 2.79.